The number of esters is 1. The first-order chi connectivity index (χ1) is 7.97. The molecule has 1 aliphatic rings. The van der Waals surface area contributed by atoms with Crippen LogP contribution in [0.25, 0.3) is 0 Å². The summed E-state index contributed by atoms with van der Waals surface area (Å²) < 4.78 is 4.83. The predicted octanol–water partition coefficient (Wildman–Crippen LogP) is 2.11. The molecule has 0 aromatic heterocycles. The van der Waals surface area contributed by atoms with E-state index in [-0.39, 0.29) is 11.5 Å². The topological polar surface area (TPSA) is 41.6 Å². The van der Waals surface area contributed by atoms with Crippen LogP contribution >= 0.6 is 0 Å². The molecule has 0 atom stereocenters. The van der Waals surface area contributed by atoms with Gasteiger partial charge < -0.3 is 15.0 Å². The van der Waals surface area contributed by atoms with E-state index in [0.717, 1.165) is 17.9 Å². The minimum absolute atomic E-state index is 0.0306. The summed E-state index contributed by atoms with van der Waals surface area (Å²) in [7, 11) is 3.41. The highest BCUT2D eigenvalue weighted by Gasteiger charge is 2.32. The monoisotopic (exact) mass is 234 g/mol. The van der Waals surface area contributed by atoms with Crippen LogP contribution in [0.4, 0.5) is 11.4 Å². The molecule has 1 heterocycles. The summed E-state index contributed by atoms with van der Waals surface area (Å²) in [6.45, 7) is 5.12. The Hall–Kier alpha value is -1.71. The molecule has 92 valence electrons. The molecule has 1 aliphatic heterocycles. The van der Waals surface area contributed by atoms with E-state index < -0.39 is 0 Å². The largest absolute Gasteiger partial charge is 0.465 e. The van der Waals surface area contributed by atoms with Crippen molar-refractivity contribution in [3.8, 4) is 0 Å². The lowest BCUT2D eigenvalue weighted by Gasteiger charge is -2.43. The fraction of sp³-hybridized carbons (Fsp3) is 0.462. The van der Waals surface area contributed by atoms with Gasteiger partial charge in [-0.3, -0.25) is 0 Å². The first-order valence-corrected chi connectivity index (χ1v) is 5.66. The van der Waals surface area contributed by atoms with Gasteiger partial charge in [-0.05, 0) is 26.0 Å². The third-order valence-electron chi connectivity index (χ3n) is 3.40. The van der Waals surface area contributed by atoms with Gasteiger partial charge in [-0.25, -0.2) is 4.79 Å². The van der Waals surface area contributed by atoms with Crippen LogP contribution in [-0.2, 0) is 4.74 Å². The van der Waals surface area contributed by atoms with Crippen molar-refractivity contribution in [3.05, 3.63) is 23.8 Å². The standard InChI is InChI=1S/C13H18N2O2/c1-13(2)8-14-10-7-5-6-9(12(16)17-4)11(10)15(13)3/h5-7,14H,8H2,1-4H3. The highest BCUT2D eigenvalue weighted by molar-refractivity contribution is 6.00. The van der Waals surface area contributed by atoms with Gasteiger partial charge in [-0.2, -0.15) is 0 Å². The Kier molecular flexibility index (Phi) is 2.73. The summed E-state index contributed by atoms with van der Waals surface area (Å²) in [4.78, 5) is 13.9. The van der Waals surface area contributed by atoms with Crippen LogP contribution in [0, 0.1) is 0 Å². The smallest absolute Gasteiger partial charge is 0.340 e. The summed E-state index contributed by atoms with van der Waals surface area (Å²) in [5, 5.41) is 3.35. The van der Waals surface area contributed by atoms with E-state index in [1.807, 2.05) is 19.2 Å². The number of ether oxygens (including phenoxy) is 1. The Morgan fingerprint density at radius 2 is 2.18 bits per heavy atom. The SMILES string of the molecule is COC(=O)c1cccc2c1N(C)C(C)(C)CN2. The minimum atomic E-state index is -0.298. The Morgan fingerprint density at radius 3 is 2.82 bits per heavy atom. The summed E-state index contributed by atoms with van der Waals surface area (Å²) in [6, 6.07) is 5.64. The number of para-hydroxylation sites is 1. The molecule has 0 radical (unpaired) electrons. The molecule has 0 bridgehead atoms. The predicted molar refractivity (Wildman–Crippen MR) is 68.8 cm³/mol. The lowest BCUT2D eigenvalue weighted by molar-refractivity contribution is 0.0601. The van der Waals surface area contributed by atoms with Crippen molar-refractivity contribution in [2.75, 3.05) is 30.9 Å². The van der Waals surface area contributed by atoms with Crippen LogP contribution in [0.2, 0.25) is 0 Å². The molecule has 4 heteroatoms. The van der Waals surface area contributed by atoms with Gasteiger partial charge >= 0.3 is 5.97 Å². The van der Waals surface area contributed by atoms with Crippen molar-refractivity contribution in [2.45, 2.75) is 19.4 Å². The second kappa shape index (κ2) is 3.95. The zero-order chi connectivity index (χ0) is 12.6. The van der Waals surface area contributed by atoms with Crippen molar-refractivity contribution < 1.29 is 9.53 Å². The number of benzene rings is 1. The number of carbonyl (C=O) groups is 1. The van der Waals surface area contributed by atoms with E-state index in [1.54, 1.807) is 6.07 Å². The van der Waals surface area contributed by atoms with Crippen molar-refractivity contribution in [1.82, 2.24) is 0 Å². The Balaban J connectivity index is 2.56. The number of methoxy groups -OCH3 is 1. The van der Waals surface area contributed by atoms with Crippen LogP contribution in [-0.4, -0.2) is 32.2 Å². The highest BCUT2D eigenvalue weighted by Crippen LogP contribution is 2.37. The number of rotatable bonds is 1. The Morgan fingerprint density at radius 1 is 1.47 bits per heavy atom. The molecule has 0 saturated carbocycles. The fourth-order valence-electron chi connectivity index (χ4n) is 2.05. The normalized spacial score (nSPS) is 17.1. The van der Waals surface area contributed by atoms with E-state index in [4.69, 9.17) is 4.74 Å². The summed E-state index contributed by atoms with van der Waals surface area (Å²) in [5.41, 5.74) is 2.47. The van der Waals surface area contributed by atoms with Crippen LogP contribution < -0.4 is 10.2 Å². The highest BCUT2D eigenvalue weighted by atomic mass is 16.5. The second-order valence-electron chi connectivity index (χ2n) is 4.92. The third-order valence-corrected chi connectivity index (χ3v) is 3.40. The number of anilines is 2. The number of nitrogens with zero attached hydrogens (tertiary/aromatic N) is 1. The quantitative estimate of drug-likeness (QED) is 0.756. The average molecular weight is 234 g/mol. The molecule has 0 saturated heterocycles. The van der Waals surface area contributed by atoms with Gasteiger partial charge in [0.25, 0.3) is 0 Å². The van der Waals surface area contributed by atoms with Crippen LogP contribution in [0.1, 0.15) is 24.2 Å². The van der Waals surface area contributed by atoms with Gasteiger partial charge in [0.1, 0.15) is 0 Å². The molecule has 0 aliphatic carbocycles. The molecule has 0 spiro atoms. The van der Waals surface area contributed by atoms with Crippen molar-refractivity contribution in [2.24, 2.45) is 0 Å². The number of hydrogen-bond donors (Lipinski definition) is 1. The van der Waals surface area contributed by atoms with Gasteiger partial charge in [0.15, 0.2) is 0 Å². The molecule has 2 rings (SSSR count). The van der Waals surface area contributed by atoms with Gasteiger partial charge in [0.05, 0.1) is 29.6 Å². The zero-order valence-corrected chi connectivity index (χ0v) is 10.7. The van der Waals surface area contributed by atoms with Crippen LogP contribution in [0.15, 0.2) is 18.2 Å². The lowest BCUT2D eigenvalue weighted by Crippen LogP contribution is -2.50. The first kappa shape index (κ1) is 11.8. The van der Waals surface area contributed by atoms with Gasteiger partial charge in [0.2, 0.25) is 0 Å². The molecule has 4 nitrogen and oxygen atoms in total. The third kappa shape index (κ3) is 1.84. The number of carbonyl (C=O) groups excluding carboxylic acids is 1. The fourth-order valence-corrected chi connectivity index (χ4v) is 2.05. The molecular formula is C13H18N2O2. The maximum absolute atomic E-state index is 11.8. The molecule has 17 heavy (non-hydrogen) atoms. The zero-order valence-electron chi connectivity index (χ0n) is 10.7. The first-order valence-electron chi connectivity index (χ1n) is 5.66. The van der Waals surface area contributed by atoms with Crippen molar-refractivity contribution in [1.29, 1.82) is 0 Å². The molecule has 1 aromatic carbocycles. The molecule has 0 unspecified atom stereocenters. The van der Waals surface area contributed by atoms with Crippen LogP contribution in [0.3, 0.4) is 0 Å². The van der Waals surface area contributed by atoms with E-state index in [1.165, 1.54) is 7.11 Å². The van der Waals surface area contributed by atoms with Crippen LogP contribution in [0.5, 0.6) is 0 Å². The molecule has 0 amide bonds. The Bertz CT molecular complexity index is 455. The number of fused-ring (bicyclic) bond motifs is 1. The van der Waals surface area contributed by atoms with Crippen molar-refractivity contribution >= 4 is 17.3 Å². The summed E-state index contributed by atoms with van der Waals surface area (Å²) in [6.07, 6.45) is 0. The molecular weight excluding hydrogens is 216 g/mol. The maximum atomic E-state index is 11.8. The minimum Gasteiger partial charge on any atom is -0.465 e. The second-order valence-corrected chi connectivity index (χ2v) is 4.92. The van der Waals surface area contributed by atoms with Gasteiger partial charge in [0, 0.05) is 13.6 Å². The van der Waals surface area contributed by atoms with E-state index in [0.29, 0.717) is 5.56 Å². The summed E-state index contributed by atoms with van der Waals surface area (Å²) >= 11 is 0. The van der Waals surface area contributed by atoms with Crippen molar-refractivity contribution in [3.63, 3.8) is 0 Å². The average Bonchev–Trinajstić information content (AvgIpc) is 2.32. The van der Waals surface area contributed by atoms with Gasteiger partial charge in [-0.15, -0.1) is 0 Å². The van der Waals surface area contributed by atoms with Gasteiger partial charge in [-0.1, -0.05) is 6.07 Å². The van der Waals surface area contributed by atoms with E-state index >= 15 is 0 Å². The van der Waals surface area contributed by atoms with E-state index in [2.05, 4.69) is 24.1 Å². The summed E-state index contributed by atoms with van der Waals surface area (Å²) in [5.74, 6) is -0.298. The van der Waals surface area contributed by atoms with E-state index in [9.17, 15) is 4.79 Å². The molecule has 1 N–H and O–H groups in total. The Labute approximate surface area is 102 Å². The molecule has 1 aromatic rings. The number of hydrogen-bond acceptors (Lipinski definition) is 4. The lowest BCUT2D eigenvalue weighted by atomic mass is 9.96. The number of nitrogens with one attached hydrogen (secondary N) is 1. The maximum Gasteiger partial charge on any atom is 0.340 e. The number of likely N-dealkylation sites (N-methyl/N-ethyl adjacent to an activating group) is 1. The molecule has 0 fully saturated rings.